The van der Waals surface area contributed by atoms with Gasteiger partial charge in [0.05, 0.1) is 10.6 Å². The molecule has 6 heteroatoms. The van der Waals surface area contributed by atoms with Crippen molar-refractivity contribution in [2.75, 3.05) is 5.73 Å². The molecule has 88 valence electrons. The molecule has 17 heavy (non-hydrogen) atoms. The van der Waals surface area contributed by atoms with Gasteiger partial charge in [0.1, 0.15) is 0 Å². The average Bonchev–Trinajstić information content (AvgIpc) is 2.29. The Balaban J connectivity index is 0.00000144. The molecular weight excluding hydrogens is 220 g/mol. The first-order chi connectivity index (χ1) is 7.68. The molecule has 0 radical (unpaired) electrons. The van der Waals surface area contributed by atoms with Crippen LogP contribution in [0.15, 0.2) is 36.7 Å². The largest absolute Gasteiger partial charge is 0.378 e. The van der Waals surface area contributed by atoms with Gasteiger partial charge in [0, 0.05) is 24.0 Å². The van der Waals surface area contributed by atoms with E-state index in [9.17, 15) is 10.1 Å². The van der Waals surface area contributed by atoms with Crippen molar-refractivity contribution in [3.05, 3.63) is 46.8 Å². The Hall–Kier alpha value is -2.50. The van der Waals surface area contributed by atoms with E-state index >= 15 is 0 Å². The molecule has 0 amide bonds. The summed E-state index contributed by atoms with van der Waals surface area (Å²) in [5.74, 6) is -0.0840. The molecule has 2 heterocycles. The number of aromatic nitrogens is 2. The van der Waals surface area contributed by atoms with E-state index in [1.807, 2.05) is 0 Å². The summed E-state index contributed by atoms with van der Waals surface area (Å²) in [5.41, 5.74) is 6.71. The molecule has 0 saturated carbocycles. The molecule has 0 aliphatic rings. The van der Waals surface area contributed by atoms with Crippen molar-refractivity contribution in [2.45, 2.75) is 7.43 Å². The first-order valence-electron chi connectivity index (χ1n) is 4.50. The van der Waals surface area contributed by atoms with Crippen LogP contribution < -0.4 is 5.73 Å². The zero-order valence-corrected chi connectivity index (χ0v) is 8.20. The smallest absolute Gasteiger partial charge is 0.311 e. The van der Waals surface area contributed by atoms with Crippen LogP contribution >= 0.6 is 0 Å². The molecule has 0 saturated heterocycles. The molecule has 0 spiro atoms. The van der Waals surface area contributed by atoms with Crippen LogP contribution in [-0.4, -0.2) is 14.9 Å². The highest BCUT2D eigenvalue weighted by molar-refractivity contribution is 5.64. The number of anilines is 1. The van der Waals surface area contributed by atoms with Gasteiger partial charge < -0.3 is 5.73 Å². The molecule has 0 aliphatic heterocycles. The summed E-state index contributed by atoms with van der Waals surface area (Å²) in [4.78, 5) is 17.8. The number of pyridine rings is 2. The van der Waals surface area contributed by atoms with E-state index in [0.29, 0.717) is 5.69 Å². The van der Waals surface area contributed by atoms with E-state index in [4.69, 9.17) is 5.73 Å². The Morgan fingerprint density at radius 1 is 1.18 bits per heavy atom. The van der Waals surface area contributed by atoms with E-state index in [1.54, 1.807) is 30.6 Å². The van der Waals surface area contributed by atoms with Crippen LogP contribution in [0.1, 0.15) is 7.43 Å². The van der Waals surface area contributed by atoms with Gasteiger partial charge in [-0.05, 0) is 18.2 Å². The monoisotopic (exact) mass is 232 g/mol. The highest BCUT2D eigenvalue weighted by atomic mass is 16.6. The van der Waals surface area contributed by atoms with Crippen LogP contribution in [0.5, 0.6) is 0 Å². The minimum Gasteiger partial charge on any atom is -0.378 e. The molecule has 0 aromatic carbocycles. The molecule has 0 bridgehead atoms. The summed E-state index contributed by atoms with van der Waals surface area (Å²) < 4.78 is 0. The summed E-state index contributed by atoms with van der Waals surface area (Å²) in [6, 6.07) is 6.42. The lowest BCUT2D eigenvalue weighted by atomic mass is 10.2. The van der Waals surface area contributed by atoms with Gasteiger partial charge in [0.25, 0.3) is 0 Å². The minimum absolute atomic E-state index is 0. The number of nitrogens with two attached hydrogens (primary N) is 1. The zero-order chi connectivity index (χ0) is 11.5. The van der Waals surface area contributed by atoms with Gasteiger partial charge in [-0.1, -0.05) is 7.43 Å². The molecule has 0 fully saturated rings. The summed E-state index contributed by atoms with van der Waals surface area (Å²) in [5, 5.41) is 10.5. The fourth-order valence-corrected chi connectivity index (χ4v) is 1.31. The first kappa shape index (κ1) is 12.6. The predicted octanol–water partition coefficient (Wildman–Crippen LogP) is 2.27. The SMILES string of the molecule is C.Nc1nc(-c2ccncc2)ccc1[N+](=O)[O-]. The Morgan fingerprint density at radius 3 is 2.35 bits per heavy atom. The van der Waals surface area contributed by atoms with Crippen molar-refractivity contribution in [1.29, 1.82) is 0 Å². The third-order valence-electron chi connectivity index (χ3n) is 2.08. The van der Waals surface area contributed by atoms with Crippen LogP contribution in [0.3, 0.4) is 0 Å². The van der Waals surface area contributed by atoms with Crippen molar-refractivity contribution < 1.29 is 4.92 Å². The summed E-state index contributed by atoms with van der Waals surface area (Å²) in [6.45, 7) is 0. The Morgan fingerprint density at radius 2 is 1.82 bits per heavy atom. The molecular formula is C11H12N4O2. The molecule has 0 atom stereocenters. The van der Waals surface area contributed by atoms with E-state index < -0.39 is 4.92 Å². The first-order valence-corrected chi connectivity index (χ1v) is 4.50. The van der Waals surface area contributed by atoms with Crippen molar-refractivity contribution in [2.24, 2.45) is 0 Å². The molecule has 0 unspecified atom stereocenters. The van der Waals surface area contributed by atoms with E-state index in [2.05, 4.69) is 9.97 Å². The third kappa shape index (κ3) is 2.54. The van der Waals surface area contributed by atoms with Crippen LogP contribution in [0.2, 0.25) is 0 Å². The molecule has 2 aromatic heterocycles. The lowest BCUT2D eigenvalue weighted by Gasteiger charge is -2.01. The van der Waals surface area contributed by atoms with E-state index in [1.165, 1.54) is 6.07 Å². The van der Waals surface area contributed by atoms with Crippen LogP contribution in [-0.2, 0) is 0 Å². The summed E-state index contributed by atoms with van der Waals surface area (Å²) in [7, 11) is 0. The molecule has 2 aromatic rings. The van der Waals surface area contributed by atoms with Crippen molar-refractivity contribution >= 4 is 11.5 Å². The predicted molar refractivity (Wildman–Crippen MR) is 65.3 cm³/mol. The fraction of sp³-hybridized carbons (Fsp3) is 0.0909. The minimum atomic E-state index is -0.557. The second-order valence-electron chi connectivity index (χ2n) is 3.09. The number of hydrogen-bond acceptors (Lipinski definition) is 5. The van der Waals surface area contributed by atoms with Gasteiger partial charge >= 0.3 is 5.69 Å². The summed E-state index contributed by atoms with van der Waals surface area (Å²) >= 11 is 0. The number of hydrogen-bond donors (Lipinski definition) is 1. The maximum Gasteiger partial charge on any atom is 0.311 e. The molecule has 0 aliphatic carbocycles. The standard InChI is InChI=1S/C10H8N4O2.CH4/c11-10-9(14(15)16)2-1-8(13-10)7-3-5-12-6-4-7;/h1-6H,(H2,11,13);1H4. The highest BCUT2D eigenvalue weighted by Crippen LogP contribution is 2.23. The molecule has 2 N–H and O–H groups in total. The van der Waals surface area contributed by atoms with Gasteiger partial charge in [-0.3, -0.25) is 15.1 Å². The Labute approximate surface area is 98.3 Å². The Kier molecular flexibility index (Phi) is 3.71. The highest BCUT2D eigenvalue weighted by Gasteiger charge is 2.13. The quantitative estimate of drug-likeness (QED) is 0.633. The second kappa shape index (κ2) is 5.02. The number of nitrogen functional groups attached to an aromatic ring is 1. The lowest BCUT2D eigenvalue weighted by Crippen LogP contribution is -1.99. The lowest BCUT2D eigenvalue weighted by molar-refractivity contribution is -0.384. The van der Waals surface area contributed by atoms with Crippen LogP contribution in [0, 0.1) is 10.1 Å². The number of nitrogens with zero attached hydrogens (tertiary/aromatic N) is 3. The maximum absolute atomic E-state index is 10.5. The Bertz CT molecular complexity index is 528. The topological polar surface area (TPSA) is 94.9 Å². The average molecular weight is 232 g/mol. The zero-order valence-electron chi connectivity index (χ0n) is 8.20. The van der Waals surface area contributed by atoms with Crippen LogP contribution in [0.25, 0.3) is 11.3 Å². The third-order valence-corrected chi connectivity index (χ3v) is 2.08. The fourth-order valence-electron chi connectivity index (χ4n) is 1.31. The van der Waals surface area contributed by atoms with E-state index in [-0.39, 0.29) is 18.9 Å². The second-order valence-corrected chi connectivity index (χ2v) is 3.09. The van der Waals surface area contributed by atoms with Crippen molar-refractivity contribution in [3.8, 4) is 11.3 Å². The van der Waals surface area contributed by atoms with Gasteiger partial charge in [-0.2, -0.15) is 0 Å². The number of nitro groups is 1. The van der Waals surface area contributed by atoms with Gasteiger partial charge in [0.2, 0.25) is 5.82 Å². The molecule has 6 nitrogen and oxygen atoms in total. The van der Waals surface area contributed by atoms with Gasteiger partial charge in [-0.15, -0.1) is 0 Å². The van der Waals surface area contributed by atoms with Gasteiger partial charge in [-0.25, -0.2) is 4.98 Å². The summed E-state index contributed by atoms with van der Waals surface area (Å²) in [6.07, 6.45) is 3.24. The maximum atomic E-state index is 10.5. The normalized spacial score (nSPS) is 9.41. The molecule has 2 rings (SSSR count). The van der Waals surface area contributed by atoms with Crippen LogP contribution in [0.4, 0.5) is 11.5 Å². The van der Waals surface area contributed by atoms with Gasteiger partial charge in [0.15, 0.2) is 0 Å². The number of rotatable bonds is 2. The van der Waals surface area contributed by atoms with Crippen molar-refractivity contribution in [3.63, 3.8) is 0 Å². The van der Waals surface area contributed by atoms with Crippen molar-refractivity contribution in [1.82, 2.24) is 9.97 Å². The van der Waals surface area contributed by atoms with E-state index in [0.717, 1.165) is 5.56 Å².